The number of likely N-dealkylation sites (N-methyl/N-ethyl adjacent to an activating group) is 1. The van der Waals surface area contributed by atoms with Crippen molar-refractivity contribution in [3.05, 3.63) is 0 Å². The van der Waals surface area contributed by atoms with Crippen LogP contribution in [0.25, 0.3) is 0 Å². The molecule has 66 valence electrons. The van der Waals surface area contributed by atoms with Crippen molar-refractivity contribution >= 4 is 5.91 Å². The highest BCUT2D eigenvalue weighted by Crippen LogP contribution is 1.95. The molecular weight excluding hydrogens is 146 g/mol. The Morgan fingerprint density at radius 1 is 1.64 bits per heavy atom. The van der Waals surface area contributed by atoms with Crippen LogP contribution < -0.4 is 5.32 Å². The summed E-state index contributed by atoms with van der Waals surface area (Å²) in [6.07, 6.45) is -0.192. The minimum absolute atomic E-state index is 0.0104. The predicted octanol–water partition coefficient (Wildman–Crippen LogP) is -0.744. The molecule has 0 saturated carbocycles. The molecule has 3 N–H and O–H groups in total. The second-order valence-electron chi connectivity index (χ2n) is 2.28. The quantitative estimate of drug-likeness (QED) is 0.497. The topological polar surface area (TPSA) is 69.6 Å². The first-order valence-corrected chi connectivity index (χ1v) is 3.79. The molecule has 4 heteroatoms. The van der Waals surface area contributed by atoms with Gasteiger partial charge in [-0.15, -0.1) is 0 Å². The van der Waals surface area contributed by atoms with Crippen LogP contribution >= 0.6 is 0 Å². The number of carbonyl (C=O) groups excluding carboxylic acids is 1. The van der Waals surface area contributed by atoms with Gasteiger partial charge in [0.25, 0.3) is 0 Å². The van der Waals surface area contributed by atoms with E-state index in [1.807, 2.05) is 0 Å². The third kappa shape index (κ3) is 4.75. The first-order valence-electron chi connectivity index (χ1n) is 3.79. The minimum Gasteiger partial charge on any atom is -0.396 e. The van der Waals surface area contributed by atoms with Crippen LogP contribution in [-0.4, -0.2) is 35.4 Å². The Bertz CT molecular complexity index is 116. The van der Waals surface area contributed by atoms with E-state index >= 15 is 0 Å². The number of rotatable bonds is 5. The van der Waals surface area contributed by atoms with E-state index in [2.05, 4.69) is 5.32 Å². The highest BCUT2D eigenvalue weighted by atomic mass is 16.3. The number of hydrogen-bond acceptors (Lipinski definition) is 3. The van der Waals surface area contributed by atoms with Crippen LogP contribution in [0.1, 0.15) is 19.8 Å². The molecule has 0 saturated heterocycles. The van der Waals surface area contributed by atoms with Crippen molar-refractivity contribution in [2.75, 3.05) is 13.2 Å². The summed E-state index contributed by atoms with van der Waals surface area (Å²) in [4.78, 5) is 10.8. The summed E-state index contributed by atoms with van der Waals surface area (Å²) in [6.45, 7) is 2.32. The summed E-state index contributed by atoms with van der Waals surface area (Å²) in [6, 6.07) is 0. The lowest BCUT2D eigenvalue weighted by Crippen LogP contribution is -2.34. The summed E-state index contributed by atoms with van der Waals surface area (Å²) in [7, 11) is 0. The lowest BCUT2D eigenvalue weighted by atomic mass is 10.2. The number of hydrogen-bond donors (Lipinski definition) is 3. The van der Waals surface area contributed by atoms with Crippen LogP contribution in [-0.2, 0) is 4.79 Å². The molecule has 0 aliphatic rings. The van der Waals surface area contributed by atoms with E-state index in [4.69, 9.17) is 10.2 Å². The van der Waals surface area contributed by atoms with Crippen molar-refractivity contribution in [1.82, 2.24) is 5.32 Å². The van der Waals surface area contributed by atoms with Crippen molar-refractivity contribution in [1.29, 1.82) is 0 Å². The molecule has 0 rings (SSSR count). The minimum atomic E-state index is -0.970. The third-order valence-corrected chi connectivity index (χ3v) is 1.29. The van der Waals surface area contributed by atoms with Crippen molar-refractivity contribution in [2.24, 2.45) is 0 Å². The van der Waals surface area contributed by atoms with Gasteiger partial charge in [0.1, 0.15) is 6.10 Å². The highest BCUT2D eigenvalue weighted by Gasteiger charge is 2.12. The van der Waals surface area contributed by atoms with Gasteiger partial charge in [0, 0.05) is 13.2 Å². The normalized spacial score (nSPS) is 12.6. The van der Waals surface area contributed by atoms with E-state index in [1.165, 1.54) is 0 Å². The monoisotopic (exact) mass is 161 g/mol. The Morgan fingerprint density at radius 3 is 2.73 bits per heavy atom. The van der Waals surface area contributed by atoms with Gasteiger partial charge in [0.05, 0.1) is 0 Å². The molecule has 0 aliphatic carbocycles. The molecule has 4 nitrogen and oxygen atoms in total. The van der Waals surface area contributed by atoms with Crippen LogP contribution in [0.4, 0.5) is 0 Å². The lowest BCUT2D eigenvalue weighted by Gasteiger charge is -2.08. The molecule has 0 aliphatic heterocycles. The number of amides is 1. The summed E-state index contributed by atoms with van der Waals surface area (Å²) >= 11 is 0. The molecule has 0 aromatic heterocycles. The molecule has 0 aromatic carbocycles. The maximum absolute atomic E-state index is 10.8. The van der Waals surface area contributed by atoms with Gasteiger partial charge in [0.2, 0.25) is 5.91 Å². The molecule has 1 amide bonds. The fraction of sp³-hybridized carbons (Fsp3) is 0.857. The molecular formula is C7H15NO3. The molecule has 0 radical (unpaired) electrons. The van der Waals surface area contributed by atoms with Crippen LogP contribution in [0.3, 0.4) is 0 Å². The Labute approximate surface area is 66.2 Å². The summed E-state index contributed by atoms with van der Waals surface area (Å²) in [5.74, 6) is -0.360. The molecule has 1 atom stereocenters. The standard InChI is InChI=1S/C7H15NO3/c1-2-8-7(11)6(10)4-3-5-9/h6,9-10H,2-5H2,1H3,(H,8,11). The maximum atomic E-state index is 10.8. The van der Waals surface area contributed by atoms with Gasteiger partial charge in [-0.1, -0.05) is 0 Å². The van der Waals surface area contributed by atoms with Crippen LogP contribution in [0.2, 0.25) is 0 Å². The van der Waals surface area contributed by atoms with E-state index in [0.29, 0.717) is 19.4 Å². The van der Waals surface area contributed by atoms with Gasteiger partial charge in [-0.05, 0) is 19.8 Å². The van der Waals surface area contributed by atoms with E-state index in [0.717, 1.165) is 0 Å². The first-order chi connectivity index (χ1) is 5.22. The SMILES string of the molecule is CCNC(=O)C(O)CCCO. The van der Waals surface area contributed by atoms with E-state index < -0.39 is 6.10 Å². The molecule has 0 aromatic rings. The molecule has 11 heavy (non-hydrogen) atoms. The Morgan fingerprint density at radius 2 is 2.27 bits per heavy atom. The van der Waals surface area contributed by atoms with Gasteiger partial charge in [-0.3, -0.25) is 4.79 Å². The first kappa shape index (κ1) is 10.4. The number of nitrogens with one attached hydrogen (secondary N) is 1. The van der Waals surface area contributed by atoms with Crippen LogP contribution in [0, 0.1) is 0 Å². The van der Waals surface area contributed by atoms with E-state index in [-0.39, 0.29) is 12.5 Å². The number of aliphatic hydroxyl groups excluding tert-OH is 2. The zero-order valence-corrected chi connectivity index (χ0v) is 6.71. The van der Waals surface area contributed by atoms with Gasteiger partial charge in [0.15, 0.2) is 0 Å². The zero-order valence-electron chi connectivity index (χ0n) is 6.71. The van der Waals surface area contributed by atoms with Crippen LogP contribution in [0.15, 0.2) is 0 Å². The van der Waals surface area contributed by atoms with Crippen molar-refractivity contribution in [2.45, 2.75) is 25.9 Å². The van der Waals surface area contributed by atoms with Gasteiger partial charge >= 0.3 is 0 Å². The van der Waals surface area contributed by atoms with Crippen LogP contribution in [0.5, 0.6) is 0 Å². The largest absolute Gasteiger partial charge is 0.396 e. The molecule has 1 unspecified atom stereocenters. The fourth-order valence-electron chi connectivity index (χ4n) is 0.708. The lowest BCUT2D eigenvalue weighted by molar-refractivity contribution is -0.129. The van der Waals surface area contributed by atoms with Crippen molar-refractivity contribution < 1.29 is 15.0 Å². The predicted molar refractivity (Wildman–Crippen MR) is 41.0 cm³/mol. The second kappa shape index (κ2) is 6.12. The molecule has 0 fully saturated rings. The second-order valence-corrected chi connectivity index (χ2v) is 2.28. The van der Waals surface area contributed by atoms with Gasteiger partial charge in [-0.2, -0.15) is 0 Å². The Kier molecular flexibility index (Phi) is 5.78. The maximum Gasteiger partial charge on any atom is 0.248 e. The summed E-state index contributed by atoms with van der Waals surface area (Å²) in [5.41, 5.74) is 0. The summed E-state index contributed by atoms with van der Waals surface area (Å²) < 4.78 is 0. The van der Waals surface area contributed by atoms with Crippen molar-refractivity contribution in [3.63, 3.8) is 0 Å². The third-order valence-electron chi connectivity index (χ3n) is 1.29. The smallest absolute Gasteiger partial charge is 0.248 e. The Balaban J connectivity index is 3.46. The average molecular weight is 161 g/mol. The molecule has 0 bridgehead atoms. The van der Waals surface area contributed by atoms with E-state index in [9.17, 15) is 4.79 Å². The molecule has 0 spiro atoms. The Hall–Kier alpha value is -0.610. The van der Waals surface area contributed by atoms with Crippen molar-refractivity contribution in [3.8, 4) is 0 Å². The highest BCUT2D eigenvalue weighted by molar-refractivity contribution is 5.80. The van der Waals surface area contributed by atoms with Gasteiger partial charge in [-0.25, -0.2) is 0 Å². The molecule has 0 heterocycles. The van der Waals surface area contributed by atoms with Gasteiger partial charge < -0.3 is 15.5 Å². The number of aliphatic hydroxyl groups is 2. The zero-order chi connectivity index (χ0) is 8.69. The average Bonchev–Trinajstić information content (AvgIpc) is 2.00. The number of carbonyl (C=O) groups is 1. The van der Waals surface area contributed by atoms with E-state index in [1.54, 1.807) is 6.92 Å². The fourth-order valence-corrected chi connectivity index (χ4v) is 0.708. The summed E-state index contributed by atoms with van der Waals surface area (Å²) in [5, 5.41) is 19.9.